The summed E-state index contributed by atoms with van der Waals surface area (Å²) in [4.78, 5) is 5.48. The number of benzene rings is 1. The predicted molar refractivity (Wildman–Crippen MR) is 68.8 cm³/mol. The fourth-order valence-corrected chi connectivity index (χ4v) is 3.00. The summed E-state index contributed by atoms with van der Waals surface area (Å²) in [6.45, 7) is 0.553. The Balaban J connectivity index is 1.90. The molecule has 1 aromatic heterocycles. The van der Waals surface area contributed by atoms with E-state index in [0.29, 0.717) is 6.61 Å². The SMILES string of the molecule is COCc1csc(CSc2ccc(F)cc2)n1. The highest BCUT2D eigenvalue weighted by atomic mass is 32.2. The molecule has 1 heterocycles. The summed E-state index contributed by atoms with van der Waals surface area (Å²) in [5, 5.41) is 3.07. The molecular weight excluding hydrogens is 257 g/mol. The van der Waals surface area contributed by atoms with Gasteiger partial charge in [0.2, 0.25) is 0 Å². The normalized spacial score (nSPS) is 10.7. The first-order chi connectivity index (χ1) is 8.28. The Kier molecular flexibility index (Phi) is 4.53. The Morgan fingerprint density at radius 1 is 1.35 bits per heavy atom. The molecule has 2 aromatic rings. The van der Waals surface area contributed by atoms with Gasteiger partial charge in [-0.15, -0.1) is 23.1 Å². The lowest BCUT2D eigenvalue weighted by atomic mass is 10.4. The van der Waals surface area contributed by atoms with Crippen molar-refractivity contribution in [2.24, 2.45) is 0 Å². The van der Waals surface area contributed by atoms with Crippen LogP contribution in [0, 0.1) is 5.82 Å². The van der Waals surface area contributed by atoms with Gasteiger partial charge in [0, 0.05) is 17.4 Å². The third-order valence-electron chi connectivity index (χ3n) is 2.07. The molecule has 0 saturated heterocycles. The Morgan fingerprint density at radius 3 is 2.82 bits per heavy atom. The molecule has 0 N–H and O–H groups in total. The second kappa shape index (κ2) is 6.14. The van der Waals surface area contributed by atoms with Crippen molar-refractivity contribution >= 4 is 23.1 Å². The number of aromatic nitrogens is 1. The van der Waals surface area contributed by atoms with Crippen molar-refractivity contribution in [1.29, 1.82) is 0 Å². The van der Waals surface area contributed by atoms with Crippen LogP contribution in [0.3, 0.4) is 0 Å². The maximum Gasteiger partial charge on any atom is 0.123 e. The lowest BCUT2D eigenvalue weighted by Gasteiger charge is -1.98. The van der Waals surface area contributed by atoms with Crippen molar-refractivity contribution in [3.63, 3.8) is 0 Å². The van der Waals surface area contributed by atoms with E-state index in [1.54, 1.807) is 42.3 Å². The van der Waals surface area contributed by atoms with Crippen LogP contribution in [0.1, 0.15) is 10.7 Å². The third-order valence-corrected chi connectivity index (χ3v) is 4.17. The molecule has 0 saturated carbocycles. The summed E-state index contributed by atoms with van der Waals surface area (Å²) in [5.74, 6) is 0.603. The molecule has 0 unspecified atom stereocenters. The molecule has 0 aliphatic carbocycles. The molecule has 0 spiro atoms. The fraction of sp³-hybridized carbons (Fsp3) is 0.250. The molecule has 17 heavy (non-hydrogen) atoms. The van der Waals surface area contributed by atoms with Crippen LogP contribution < -0.4 is 0 Å². The van der Waals surface area contributed by atoms with Crippen LogP contribution in [0.15, 0.2) is 34.5 Å². The van der Waals surface area contributed by atoms with Crippen molar-refractivity contribution < 1.29 is 9.13 Å². The second-order valence-corrected chi connectivity index (χ2v) is 5.40. The molecule has 0 aliphatic heterocycles. The minimum atomic E-state index is -0.203. The summed E-state index contributed by atoms with van der Waals surface area (Å²) in [5.41, 5.74) is 0.965. The van der Waals surface area contributed by atoms with Crippen LogP contribution in [0.4, 0.5) is 4.39 Å². The van der Waals surface area contributed by atoms with Gasteiger partial charge in [0.15, 0.2) is 0 Å². The molecule has 5 heteroatoms. The molecular formula is C12H12FNOS2. The van der Waals surface area contributed by atoms with Crippen molar-refractivity contribution in [2.75, 3.05) is 7.11 Å². The fourth-order valence-electron chi connectivity index (χ4n) is 1.31. The Morgan fingerprint density at radius 2 is 2.12 bits per heavy atom. The van der Waals surface area contributed by atoms with Gasteiger partial charge in [0.25, 0.3) is 0 Å². The number of hydrogen-bond donors (Lipinski definition) is 0. The van der Waals surface area contributed by atoms with E-state index >= 15 is 0 Å². The van der Waals surface area contributed by atoms with E-state index in [-0.39, 0.29) is 5.82 Å². The Labute approximate surface area is 108 Å². The molecule has 0 bridgehead atoms. The minimum absolute atomic E-state index is 0.203. The summed E-state index contributed by atoms with van der Waals surface area (Å²) >= 11 is 3.28. The maximum atomic E-state index is 12.7. The van der Waals surface area contributed by atoms with Crippen LogP contribution >= 0.6 is 23.1 Å². The van der Waals surface area contributed by atoms with Crippen molar-refractivity contribution in [1.82, 2.24) is 4.98 Å². The molecule has 0 aliphatic rings. The average molecular weight is 269 g/mol. The molecule has 0 atom stereocenters. The largest absolute Gasteiger partial charge is 0.378 e. The first-order valence-electron chi connectivity index (χ1n) is 5.08. The van der Waals surface area contributed by atoms with Gasteiger partial charge in [-0.1, -0.05) is 0 Å². The molecule has 2 rings (SSSR count). The number of nitrogens with zero attached hydrogens (tertiary/aromatic N) is 1. The van der Waals surface area contributed by atoms with E-state index in [9.17, 15) is 4.39 Å². The van der Waals surface area contributed by atoms with Crippen molar-refractivity contribution in [3.8, 4) is 0 Å². The van der Waals surface area contributed by atoms with Crippen LogP contribution in [-0.4, -0.2) is 12.1 Å². The topological polar surface area (TPSA) is 22.1 Å². The zero-order valence-electron chi connectivity index (χ0n) is 9.35. The average Bonchev–Trinajstić information content (AvgIpc) is 2.77. The van der Waals surface area contributed by atoms with Gasteiger partial charge in [-0.25, -0.2) is 9.37 Å². The molecule has 0 amide bonds. The first kappa shape index (κ1) is 12.5. The summed E-state index contributed by atoms with van der Waals surface area (Å²) in [6, 6.07) is 6.51. The third kappa shape index (κ3) is 3.80. The number of halogens is 1. The quantitative estimate of drug-likeness (QED) is 0.772. The van der Waals surface area contributed by atoms with E-state index in [1.165, 1.54) is 12.1 Å². The molecule has 2 nitrogen and oxygen atoms in total. The van der Waals surface area contributed by atoms with E-state index in [1.807, 2.05) is 5.38 Å². The monoisotopic (exact) mass is 269 g/mol. The molecule has 1 aromatic carbocycles. The van der Waals surface area contributed by atoms with Crippen LogP contribution in [-0.2, 0) is 17.1 Å². The number of thioether (sulfide) groups is 1. The summed E-state index contributed by atoms with van der Waals surface area (Å²) < 4.78 is 17.7. The number of hydrogen-bond acceptors (Lipinski definition) is 4. The van der Waals surface area contributed by atoms with Gasteiger partial charge in [0.05, 0.1) is 18.1 Å². The highest BCUT2D eigenvalue weighted by molar-refractivity contribution is 7.98. The Bertz CT molecular complexity index is 470. The van der Waals surface area contributed by atoms with Crippen LogP contribution in [0.25, 0.3) is 0 Å². The van der Waals surface area contributed by atoms with E-state index < -0.39 is 0 Å². The number of methoxy groups -OCH3 is 1. The van der Waals surface area contributed by atoms with Crippen LogP contribution in [0.2, 0.25) is 0 Å². The first-order valence-corrected chi connectivity index (χ1v) is 6.95. The van der Waals surface area contributed by atoms with Gasteiger partial charge >= 0.3 is 0 Å². The van der Waals surface area contributed by atoms with E-state index in [2.05, 4.69) is 4.98 Å². The predicted octanol–water partition coefficient (Wildman–Crippen LogP) is 3.72. The molecule has 0 fully saturated rings. The van der Waals surface area contributed by atoms with Crippen molar-refractivity contribution in [3.05, 3.63) is 46.2 Å². The second-order valence-electron chi connectivity index (χ2n) is 3.41. The van der Waals surface area contributed by atoms with Gasteiger partial charge in [-0.05, 0) is 24.3 Å². The highest BCUT2D eigenvalue weighted by Gasteiger charge is 2.03. The lowest BCUT2D eigenvalue weighted by molar-refractivity contribution is 0.182. The zero-order chi connectivity index (χ0) is 12.1. The molecule has 90 valence electrons. The van der Waals surface area contributed by atoms with Crippen LogP contribution in [0.5, 0.6) is 0 Å². The maximum absolute atomic E-state index is 12.7. The number of ether oxygens (including phenoxy) is 1. The number of rotatable bonds is 5. The lowest BCUT2D eigenvalue weighted by Crippen LogP contribution is -1.88. The van der Waals surface area contributed by atoms with Gasteiger partial charge in [-0.3, -0.25) is 0 Å². The van der Waals surface area contributed by atoms with Gasteiger partial charge < -0.3 is 4.74 Å². The zero-order valence-corrected chi connectivity index (χ0v) is 11.0. The summed E-state index contributed by atoms with van der Waals surface area (Å²) in [6.07, 6.45) is 0. The standard InChI is InChI=1S/C12H12FNOS2/c1-15-6-10-7-17-12(14-10)8-16-11-4-2-9(13)3-5-11/h2-5,7H,6,8H2,1H3. The molecule has 0 radical (unpaired) electrons. The highest BCUT2D eigenvalue weighted by Crippen LogP contribution is 2.24. The number of thiazole rings is 1. The van der Waals surface area contributed by atoms with Gasteiger partial charge in [-0.2, -0.15) is 0 Å². The smallest absolute Gasteiger partial charge is 0.123 e. The van der Waals surface area contributed by atoms with E-state index in [0.717, 1.165) is 21.3 Å². The van der Waals surface area contributed by atoms with Crippen molar-refractivity contribution in [2.45, 2.75) is 17.3 Å². The Hall–Kier alpha value is -0.910. The van der Waals surface area contributed by atoms with Gasteiger partial charge in [0.1, 0.15) is 10.8 Å². The minimum Gasteiger partial charge on any atom is -0.378 e. The van der Waals surface area contributed by atoms with E-state index in [4.69, 9.17) is 4.74 Å². The summed E-state index contributed by atoms with van der Waals surface area (Å²) in [7, 11) is 1.66.